The van der Waals surface area contributed by atoms with Crippen molar-refractivity contribution in [1.29, 1.82) is 0 Å². The summed E-state index contributed by atoms with van der Waals surface area (Å²) < 4.78 is 10.7. The lowest BCUT2D eigenvalue weighted by Crippen LogP contribution is -2.33. The molecule has 0 amide bonds. The fourth-order valence-corrected chi connectivity index (χ4v) is 2.02. The first kappa shape index (κ1) is 15.2. The second-order valence-corrected chi connectivity index (χ2v) is 4.86. The molecule has 0 unspecified atom stereocenters. The molecule has 2 rings (SSSR count). The molecular formula is C17H21NO3. The molecule has 2 aromatic rings. The summed E-state index contributed by atoms with van der Waals surface area (Å²) in [5, 5.41) is 10.1. The van der Waals surface area contributed by atoms with Crippen LogP contribution in [0.3, 0.4) is 0 Å². The number of hydrogen-bond acceptors (Lipinski definition) is 4. The largest absolute Gasteiger partial charge is 0.497 e. The molecule has 0 aliphatic heterocycles. The first-order valence-corrected chi connectivity index (χ1v) is 6.90. The second kappa shape index (κ2) is 7.55. The standard InChI is InChI=1S/C17H21NO3/c1-18(14-6-4-3-5-7-14)12-15(19)13-21-17-10-8-16(20-2)9-11-17/h3-11,15,19H,12-13H2,1-2H3/t15-/m0/s1. The van der Waals surface area contributed by atoms with Gasteiger partial charge in [-0.05, 0) is 36.4 Å². The highest BCUT2D eigenvalue weighted by Crippen LogP contribution is 2.17. The van der Waals surface area contributed by atoms with Gasteiger partial charge in [0.25, 0.3) is 0 Å². The normalized spacial score (nSPS) is 11.8. The van der Waals surface area contributed by atoms with Gasteiger partial charge in [0.05, 0.1) is 7.11 Å². The zero-order valence-electron chi connectivity index (χ0n) is 12.4. The summed E-state index contributed by atoms with van der Waals surface area (Å²) >= 11 is 0. The van der Waals surface area contributed by atoms with Crippen LogP contribution >= 0.6 is 0 Å². The average molecular weight is 287 g/mol. The van der Waals surface area contributed by atoms with Crippen LogP contribution in [0.25, 0.3) is 0 Å². The third-order valence-corrected chi connectivity index (χ3v) is 3.18. The Hall–Kier alpha value is -2.20. The third-order valence-electron chi connectivity index (χ3n) is 3.18. The van der Waals surface area contributed by atoms with E-state index in [1.807, 2.05) is 66.5 Å². The van der Waals surface area contributed by atoms with Crippen molar-refractivity contribution in [3.8, 4) is 11.5 Å². The van der Waals surface area contributed by atoms with Crippen LogP contribution in [0.5, 0.6) is 11.5 Å². The van der Waals surface area contributed by atoms with E-state index in [-0.39, 0.29) is 6.61 Å². The van der Waals surface area contributed by atoms with Crippen LogP contribution in [0, 0.1) is 0 Å². The average Bonchev–Trinajstić information content (AvgIpc) is 2.54. The Morgan fingerprint density at radius 2 is 1.62 bits per heavy atom. The summed E-state index contributed by atoms with van der Waals surface area (Å²) in [5.41, 5.74) is 1.07. The first-order chi connectivity index (χ1) is 10.2. The molecule has 1 N–H and O–H groups in total. The van der Waals surface area contributed by atoms with Crippen molar-refractivity contribution in [3.05, 3.63) is 54.6 Å². The number of hydrogen-bond donors (Lipinski definition) is 1. The van der Waals surface area contributed by atoms with Crippen molar-refractivity contribution in [2.24, 2.45) is 0 Å². The van der Waals surface area contributed by atoms with Crippen LogP contribution in [0.1, 0.15) is 0 Å². The number of aliphatic hydroxyl groups excluding tert-OH is 1. The quantitative estimate of drug-likeness (QED) is 0.850. The zero-order valence-corrected chi connectivity index (χ0v) is 12.4. The molecule has 0 aliphatic carbocycles. The van der Waals surface area contributed by atoms with Gasteiger partial charge in [0.2, 0.25) is 0 Å². The summed E-state index contributed by atoms with van der Waals surface area (Å²) in [6, 6.07) is 17.3. The second-order valence-electron chi connectivity index (χ2n) is 4.86. The van der Waals surface area contributed by atoms with E-state index in [1.54, 1.807) is 7.11 Å². The lowest BCUT2D eigenvalue weighted by atomic mass is 10.2. The van der Waals surface area contributed by atoms with E-state index in [0.29, 0.717) is 6.54 Å². The smallest absolute Gasteiger partial charge is 0.119 e. The molecule has 0 radical (unpaired) electrons. The molecule has 112 valence electrons. The highest BCUT2D eigenvalue weighted by Gasteiger charge is 2.09. The Balaban J connectivity index is 1.80. The molecule has 4 nitrogen and oxygen atoms in total. The Bertz CT molecular complexity index is 527. The molecular weight excluding hydrogens is 266 g/mol. The van der Waals surface area contributed by atoms with E-state index >= 15 is 0 Å². The first-order valence-electron chi connectivity index (χ1n) is 6.90. The molecule has 0 aliphatic rings. The van der Waals surface area contributed by atoms with Crippen molar-refractivity contribution in [2.45, 2.75) is 6.10 Å². The number of benzene rings is 2. The Morgan fingerprint density at radius 3 is 2.24 bits per heavy atom. The number of rotatable bonds is 7. The molecule has 0 aromatic heterocycles. The van der Waals surface area contributed by atoms with Crippen LogP contribution in [-0.4, -0.2) is 38.5 Å². The molecule has 0 spiro atoms. The summed E-state index contributed by atoms with van der Waals surface area (Å²) in [6.07, 6.45) is -0.558. The number of methoxy groups -OCH3 is 1. The van der Waals surface area contributed by atoms with Crippen molar-refractivity contribution in [3.63, 3.8) is 0 Å². The van der Waals surface area contributed by atoms with Gasteiger partial charge in [0.1, 0.15) is 24.2 Å². The number of para-hydroxylation sites is 1. The van der Waals surface area contributed by atoms with Gasteiger partial charge in [0, 0.05) is 19.3 Å². The summed E-state index contributed by atoms with van der Waals surface area (Å²) in [7, 11) is 3.57. The minimum Gasteiger partial charge on any atom is -0.497 e. The predicted octanol–water partition coefficient (Wildman–Crippen LogP) is 2.57. The van der Waals surface area contributed by atoms with Crippen molar-refractivity contribution in [2.75, 3.05) is 32.2 Å². The van der Waals surface area contributed by atoms with Gasteiger partial charge in [-0.15, -0.1) is 0 Å². The fourth-order valence-electron chi connectivity index (χ4n) is 2.02. The maximum Gasteiger partial charge on any atom is 0.119 e. The topological polar surface area (TPSA) is 41.9 Å². The lowest BCUT2D eigenvalue weighted by molar-refractivity contribution is 0.113. The Morgan fingerprint density at radius 1 is 1.00 bits per heavy atom. The van der Waals surface area contributed by atoms with Crippen molar-refractivity contribution in [1.82, 2.24) is 0 Å². The van der Waals surface area contributed by atoms with Crippen LogP contribution in [-0.2, 0) is 0 Å². The van der Waals surface area contributed by atoms with E-state index in [1.165, 1.54) is 0 Å². The van der Waals surface area contributed by atoms with E-state index in [2.05, 4.69) is 0 Å². The number of nitrogens with zero attached hydrogens (tertiary/aromatic N) is 1. The molecule has 0 saturated carbocycles. The minimum atomic E-state index is -0.558. The van der Waals surface area contributed by atoms with Crippen LogP contribution < -0.4 is 14.4 Å². The van der Waals surface area contributed by atoms with Crippen LogP contribution in [0.2, 0.25) is 0 Å². The van der Waals surface area contributed by atoms with E-state index in [0.717, 1.165) is 17.2 Å². The predicted molar refractivity (Wildman–Crippen MR) is 84.2 cm³/mol. The van der Waals surface area contributed by atoms with Gasteiger partial charge in [0.15, 0.2) is 0 Å². The molecule has 1 atom stereocenters. The van der Waals surface area contributed by atoms with Gasteiger partial charge in [-0.25, -0.2) is 0 Å². The van der Waals surface area contributed by atoms with E-state index < -0.39 is 6.10 Å². The highest BCUT2D eigenvalue weighted by atomic mass is 16.5. The molecule has 0 saturated heterocycles. The van der Waals surface area contributed by atoms with Gasteiger partial charge in [-0.1, -0.05) is 18.2 Å². The molecule has 0 heterocycles. The highest BCUT2D eigenvalue weighted by molar-refractivity contribution is 5.45. The number of ether oxygens (including phenoxy) is 2. The van der Waals surface area contributed by atoms with Gasteiger partial charge in [-0.3, -0.25) is 0 Å². The third kappa shape index (κ3) is 4.68. The monoisotopic (exact) mass is 287 g/mol. The number of likely N-dealkylation sites (N-methyl/N-ethyl adjacent to an activating group) is 1. The van der Waals surface area contributed by atoms with E-state index in [4.69, 9.17) is 9.47 Å². The van der Waals surface area contributed by atoms with Crippen LogP contribution in [0.15, 0.2) is 54.6 Å². The molecule has 21 heavy (non-hydrogen) atoms. The maximum atomic E-state index is 10.1. The molecule has 0 fully saturated rings. The zero-order chi connectivity index (χ0) is 15.1. The van der Waals surface area contributed by atoms with Crippen LogP contribution in [0.4, 0.5) is 5.69 Å². The maximum absolute atomic E-state index is 10.1. The molecule has 0 bridgehead atoms. The Kier molecular flexibility index (Phi) is 5.46. The van der Waals surface area contributed by atoms with E-state index in [9.17, 15) is 5.11 Å². The SMILES string of the molecule is COc1ccc(OC[C@@H](O)CN(C)c2ccccc2)cc1. The molecule has 2 aromatic carbocycles. The Labute approximate surface area is 125 Å². The summed E-state index contributed by atoms with van der Waals surface area (Å²) in [6.45, 7) is 0.768. The number of anilines is 1. The lowest BCUT2D eigenvalue weighted by Gasteiger charge is -2.22. The van der Waals surface area contributed by atoms with Crippen molar-refractivity contribution < 1.29 is 14.6 Å². The van der Waals surface area contributed by atoms with Gasteiger partial charge < -0.3 is 19.5 Å². The summed E-state index contributed by atoms with van der Waals surface area (Å²) in [5.74, 6) is 1.50. The van der Waals surface area contributed by atoms with Gasteiger partial charge in [-0.2, -0.15) is 0 Å². The van der Waals surface area contributed by atoms with Gasteiger partial charge >= 0.3 is 0 Å². The summed E-state index contributed by atoms with van der Waals surface area (Å²) in [4.78, 5) is 2.00. The minimum absolute atomic E-state index is 0.253. The number of aliphatic hydroxyl groups is 1. The fraction of sp³-hybridized carbons (Fsp3) is 0.294. The molecule has 4 heteroatoms. The van der Waals surface area contributed by atoms with Crippen molar-refractivity contribution >= 4 is 5.69 Å².